The molecule has 152 valence electrons. The lowest BCUT2D eigenvalue weighted by Gasteiger charge is -2.16. The first kappa shape index (κ1) is 18.6. The Balaban J connectivity index is 1.76. The Labute approximate surface area is 174 Å². The number of aryl methyl sites for hydroxylation is 2. The van der Waals surface area contributed by atoms with Crippen LogP contribution >= 0.6 is 0 Å². The second-order valence-electron chi connectivity index (χ2n) is 8.17. The number of hydrogen-bond acceptors (Lipinski definition) is 3. The second kappa shape index (κ2) is 7.13. The van der Waals surface area contributed by atoms with Crippen LogP contribution in [0.5, 0.6) is 0 Å². The van der Waals surface area contributed by atoms with E-state index >= 15 is 0 Å². The van der Waals surface area contributed by atoms with Gasteiger partial charge < -0.3 is 14.5 Å². The van der Waals surface area contributed by atoms with E-state index in [1.165, 1.54) is 0 Å². The molecule has 1 saturated carbocycles. The van der Waals surface area contributed by atoms with Crippen LogP contribution in [-0.2, 0) is 7.05 Å². The minimum absolute atomic E-state index is 0.0270. The van der Waals surface area contributed by atoms with E-state index < -0.39 is 0 Å². The number of para-hydroxylation sites is 1. The Morgan fingerprint density at radius 2 is 1.93 bits per heavy atom. The molecule has 0 radical (unpaired) electrons. The Morgan fingerprint density at radius 1 is 1.17 bits per heavy atom. The summed E-state index contributed by atoms with van der Waals surface area (Å²) in [5.74, 6) is 0.258. The molecule has 0 unspecified atom stereocenters. The zero-order chi connectivity index (χ0) is 20.8. The van der Waals surface area contributed by atoms with Crippen molar-refractivity contribution in [3.63, 3.8) is 0 Å². The maximum atomic E-state index is 13.5. The van der Waals surface area contributed by atoms with Crippen molar-refractivity contribution in [1.29, 1.82) is 0 Å². The topological polar surface area (TPSA) is 68.9 Å². The fourth-order valence-corrected chi connectivity index (χ4v) is 4.71. The molecule has 0 spiro atoms. The van der Waals surface area contributed by atoms with Crippen molar-refractivity contribution in [3.05, 3.63) is 70.3 Å². The highest BCUT2D eigenvalue weighted by Gasteiger charge is 2.25. The average molecular weight is 400 g/mol. The summed E-state index contributed by atoms with van der Waals surface area (Å²) in [5.41, 5.74) is 3.02. The number of nitrogens with one attached hydrogen (secondary N) is 1. The van der Waals surface area contributed by atoms with E-state index in [1.54, 1.807) is 17.0 Å². The Kier molecular flexibility index (Phi) is 4.42. The third-order valence-electron chi connectivity index (χ3n) is 6.20. The summed E-state index contributed by atoms with van der Waals surface area (Å²) in [7, 11) is 1.90. The molecule has 0 saturated heterocycles. The van der Waals surface area contributed by atoms with Gasteiger partial charge in [0.15, 0.2) is 0 Å². The molecule has 5 rings (SSSR count). The monoisotopic (exact) mass is 400 g/mol. The molecule has 1 N–H and O–H groups in total. The van der Waals surface area contributed by atoms with E-state index in [0.717, 1.165) is 42.1 Å². The van der Waals surface area contributed by atoms with Crippen LogP contribution in [-0.4, -0.2) is 20.0 Å². The van der Waals surface area contributed by atoms with E-state index in [4.69, 9.17) is 0 Å². The van der Waals surface area contributed by atoms with Gasteiger partial charge in [0.05, 0.1) is 5.56 Å². The summed E-state index contributed by atoms with van der Waals surface area (Å²) >= 11 is 0. The fraction of sp³-hybridized carbons (Fsp3) is 0.292. The van der Waals surface area contributed by atoms with Crippen molar-refractivity contribution in [2.75, 3.05) is 5.32 Å². The van der Waals surface area contributed by atoms with E-state index in [0.29, 0.717) is 22.3 Å². The SMILES string of the molecule is Cc1ccnc(NC(=O)c2cn(C3CCCC3)c(=O)c3c2c2ccccc2n3C)c1. The smallest absolute Gasteiger partial charge is 0.275 e. The van der Waals surface area contributed by atoms with Crippen molar-refractivity contribution in [3.8, 4) is 0 Å². The van der Waals surface area contributed by atoms with Crippen LogP contribution in [0, 0.1) is 6.92 Å². The van der Waals surface area contributed by atoms with Crippen LogP contribution in [0.15, 0.2) is 53.6 Å². The molecule has 1 aliphatic rings. The van der Waals surface area contributed by atoms with Crippen molar-refractivity contribution < 1.29 is 4.79 Å². The first-order valence-electron chi connectivity index (χ1n) is 10.4. The molecule has 30 heavy (non-hydrogen) atoms. The van der Waals surface area contributed by atoms with E-state index in [9.17, 15) is 9.59 Å². The van der Waals surface area contributed by atoms with Crippen LogP contribution in [0.2, 0.25) is 0 Å². The van der Waals surface area contributed by atoms with Gasteiger partial charge in [0.2, 0.25) is 0 Å². The summed E-state index contributed by atoms with van der Waals surface area (Å²) in [6.07, 6.45) is 7.60. The quantitative estimate of drug-likeness (QED) is 0.548. The number of rotatable bonds is 3. The van der Waals surface area contributed by atoms with Crippen molar-refractivity contribution >= 4 is 33.5 Å². The molecule has 3 aromatic heterocycles. The maximum Gasteiger partial charge on any atom is 0.275 e. The highest BCUT2D eigenvalue weighted by molar-refractivity contribution is 6.20. The number of anilines is 1. The second-order valence-corrected chi connectivity index (χ2v) is 8.17. The standard InChI is InChI=1S/C24H24N4O2/c1-15-11-12-25-20(13-15)26-23(29)18-14-28(16-7-3-4-8-16)24(30)22-21(18)17-9-5-6-10-19(17)27(22)2/h5-6,9-14,16H,3-4,7-8H2,1-2H3,(H,25,26,29). The van der Waals surface area contributed by atoms with Gasteiger partial charge in [-0.05, 0) is 43.5 Å². The summed E-state index contributed by atoms with van der Waals surface area (Å²) in [5, 5.41) is 4.54. The third kappa shape index (κ3) is 2.91. The zero-order valence-corrected chi connectivity index (χ0v) is 17.2. The Hall–Kier alpha value is -3.41. The lowest BCUT2D eigenvalue weighted by atomic mass is 10.1. The van der Waals surface area contributed by atoms with Crippen molar-refractivity contribution in [2.24, 2.45) is 7.05 Å². The van der Waals surface area contributed by atoms with Gasteiger partial charge in [-0.2, -0.15) is 0 Å². The normalized spacial score (nSPS) is 14.6. The number of fused-ring (bicyclic) bond motifs is 3. The van der Waals surface area contributed by atoms with E-state index in [-0.39, 0.29) is 17.5 Å². The molecule has 1 aliphatic carbocycles. The van der Waals surface area contributed by atoms with Gasteiger partial charge in [0, 0.05) is 41.8 Å². The minimum atomic E-state index is -0.249. The van der Waals surface area contributed by atoms with Crippen LogP contribution < -0.4 is 10.9 Å². The average Bonchev–Trinajstić information content (AvgIpc) is 3.36. The summed E-state index contributed by atoms with van der Waals surface area (Å²) in [6, 6.07) is 11.7. The fourth-order valence-electron chi connectivity index (χ4n) is 4.71. The zero-order valence-electron chi connectivity index (χ0n) is 17.2. The van der Waals surface area contributed by atoms with Gasteiger partial charge in [-0.3, -0.25) is 9.59 Å². The first-order valence-corrected chi connectivity index (χ1v) is 10.4. The van der Waals surface area contributed by atoms with Gasteiger partial charge in [-0.25, -0.2) is 4.98 Å². The number of carbonyl (C=O) groups is 1. The molecule has 3 heterocycles. The van der Waals surface area contributed by atoms with Crippen LogP contribution in [0.4, 0.5) is 5.82 Å². The van der Waals surface area contributed by atoms with Crippen LogP contribution in [0.3, 0.4) is 0 Å². The lowest BCUT2D eigenvalue weighted by Crippen LogP contribution is -2.27. The van der Waals surface area contributed by atoms with Crippen LogP contribution in [0.1, 0.15) is 47.6 Å². The molecule has 4 aromatic rings. The highest BCUT2D eigenvalue weighted by atomic mass is 16.2. The third-order valence-corrected chi connectivity index (χ3v) is 6.20. The van der Waals surface area contributed by atoms with Crippen molar-refractivity contribution in [2.45, 2.75) is 38.6 Å². The minimum Gasteiger partial charge on any atom is -0.339 e. The Morgan fingerprint density at radius 3 is 2.70 bits per heavy atom. The number of hydrogen-bond donors (Lipinski definition) is 1. The molecule has 0 bridgehead atoms. The molecular formula is C24H24N4O2. The predicted molar refractivity (Wildman–Crippen MR) is 119 cm³/mol. The summed E-state index contributed by atoms with van der Waals surface area (Å²) in [4.78, 5) is 31.1. The summed E-state index contributed by atoms with van der Waals surface area (Å²) in [6.45, 7) is 1.96. The predicted octanol–water partition coefficient (Wildman–Crippen LogP) is 4.56. The molecule has 0 aliphatic heterocycles. The molecule has 1 amide bonds. The number of pyridine rings is 2. The molecule has 1 aromatic carbocycles. The number of aromatic nitrogens is 3. The van der Waals surface area contributed by atoms with Crippen molar-refractivity contribution in [1.82, 2.24) is 14.1 Å². The van der Waals surface area contributed by atoms with E-state index in [1.807, 2.05) is 54.9 Å². The van der Waals surface area contributed by atoms with Gasteiger partial charge in [-0.1, -0.05) is 31.0 Å². The molecule has 6 nitrogen and oxygen atoms in total. The molecular weight excluding hydrogens is 376 g/mol. The largest absolute Gasteiger partial charge is 0.339 e. The number of amides is 1. The summed E-state index contributed by atoms with van der Waals surface area (Å²) < 4.78 is 3.70. The number of carbonyl (C=O) groups excluding carboxylic acids is 1. The maximum absolute atomic E-state index is 13.5. The molecule has 6 heteroatoms. The number of benzene rings is 1. The lowest BCUT2D eigenvalue weighted by molar-refractivity contribution is 0.102. The van der Waals surface area contributed by atoms with Gasteiger partial charge in [0.1, 0.15) is 11.3 Å². The van der Waals surface area contributed by atoms with Gasteiger partial charge >= 0.3 is 0 Å². The first-order chi connectivity index (χ1) is 14.5. The van der Waals surface area contributed by atoms with Crippen LogP contribution in [0.25, 0.3) is 21.8 Å². The Bertz CT molecular complexity index is 1340. The number of nitrogens with zero attached hydrogens (tertiary/aromatic N) is 3. The van der Waals surface area contributed by atoms with Gasteiger partial charge in [-0.15, -0.1) is 0 Å². The van der Waals surface area contributed by atoms with Gasteiger partial charge in [0.25, 0.3) is 11.5 Å². The molecule has 1 fully saturated rings. The molecule has 0 atom stereocenters. The highest BCUT2D eigenvalue weighted by Crippen LogP contribution is 2.33. The van der Waals surface area contributed by atoms with E-state index in [2.05, 4.69) is 10.3 Å².